The van der Waals surface area contributed by atoms with E-state index in [4.69, 9.17) is 24.2 Å². The van der Waals surface area contributed by atoms with Crippen molar-refractivity contribution in [1.82, 2.24) is 9.55 Å². The van der Waals surface area contributed by atoms with E-state index < -0.39 is 5.60 Å². The Hall–Kier alpha value is -0.834. The molecule has 0 amide bonds. The van der Waals surface area contributed by atoms with E-state index in [0.717, 1.165) is 41.0 Å². The van der Waals surface area contributed by atoms with Crippen LogP contribution in [0.4, 0.5) is 4.39 Å². The Balaban J connectivity index is 0.000000970. The molecule has 7 heteroatoms. The van der Waals surface area contributed by atoms with Crippen LogP contribution in [0.2, 0.25) is 0 Å². The van der Waals surface area contributed by atoms with Gasteiger partial charge in [-0.1, -0.05) is 64.6 Å². The molecule has 0 radical (unpaired) electrons. The largest absolute Gasteiger partial charge is 1.00 e. The number of hydrogen-bond donors (Lipinski definition) is 1. The second-order valence-electron chi connectivity index (χ2n) is 9.05. The number of allylic oxidation sites excluding steroid dienone is 8. The molecule has 0 unspecified atom stereocenters. The fraction of sp³-hybridized carbons (Fsp3) is 0.387. The molecule has 1 N–H and O–H groups in total. The van der Waals surface area contributed by atoms with Crippen LogP contribution in [0.25, 0.3) is 11.3 Å². The SMILES string of the molecule is C=C(/C=C([S-])\C=C/CC)c1ccc(-n2cnc(C(C)(C)O)c2)c(CC)c1.CC/C=C\C(F)=C(\CC)CCl.[K+]. The van der Waals surface area contributed by atoms with E-state index in [-0.39, 0.29) is 63.1 Å². The minimum absolute atomic E-state index is 0. The zero-order valence-electron chi connectivity index (χ0n) is 24.0. The summed E-state index contributed by atoms with van der Waals surface area (Å²) in [5.41, 5.74) is 4.57. The summed E-state index contributed by atoms with van der Waals surface area (Å²) in [4.78, 5) is 5.11. The molecule has 202 valence electrons. The third-order valence-electron chi connectivity index (χ3n) is 5.58. The van der Waals surface area contributed by atoms with Gasteiger partial charge in [-0.05, 0) is 80.0 Å². The van der Waals surface area contributed by atoms with Crippen LogP contribution in [0, 0.1) is 0 Å². The third-order valence-corrected chi connectivity index (χ3v) is 6.16. The Morgan fingerprint density at radius 1 is 1.16 bits per heavy atom. The van der Waals surface area contributed by atoms with E-state index in [9.17, 15) is 9.50 Å². The maximum Gasteiger partial charge on any atom is 1.00 e. The Labute approximate surface area is 282 Å². The van der Waals surface area contributed by atoms with Gasteiger partial charge in [0.1, 0.15) is 11.4 Å². The number of rotatable bonds is 11. The molecule has 0 saturated carbocycles. The van der Waals surface area contributed by atoms with Crippen molar-refractivity contribution in [1.29, 1.82) is 0 Å². The maximum absolute atomic E-state index is 13.0. The van der Waals surface area contributed by atoms with E-state index in [2.05, 4.69) is 37.5 Å². The van der Waals surface area contributed by atoms with Gasteiger partial charge in [0.25, 0.3) is 0 Å². The van der Waals surface area contributed by atoms with Crippen molar-refractivity contribution in [2.45, 2.75) is 72.8 Å². The summed E-state index contributed by atoms with van der Waals surface area (Å²) in [5.74, 6) is 0.112. The average Bonchev–Trinajstić information content (AvgIpc) is 3.38. The molecule has 1 aromatic carbocycles. The molecule has 0 atom stereocenters. The van der Waals surface area contributed by atoms with Gasteiger partial charge >= 0.3 is 51.4 Å². The van der Waals surface area contributed by atoms with Gasteiger partial charge < -0.3 is 22.3 Å². The molecule has 0 saturated heterocycles. The zero-order chi connectivity index (χ0) is 28.0. The van der Waals surface area contributed by atoms with Gasteiger partial charge in [0.05, 0.1) is 12.0 Å². The summed E-state index contributed by atoms with van der Waals surface area (Å²) in [6.45, 7) is 15.7. The van der Waals surface area contributed by atoms with Gasteiger partial charge in [0.15, 0.2) is 0 Å². The number of halogens is 2. The predicted octanol–water partition coefficient (Wildman–Crippen LogP) is 5.90. The van der Waals surface area contributed by atoms with Gasteiger partial charge in [0, 0.05) is 17.8 Å². The minimum Gasteiger partial charge on any atom is -0.780 e. The summed E-state index contributed by atoms with van der Waals surface area (Å²) in [6.07, 6.45) is 16.2. The second kappa shape index (κ2) is 19.3. The van der Waals surface area contributed by atoms with Crippen LogP contribution in [0.3, 0.4) is 0 Å². The molecular weight excluding hydrogens is 542 g/mol. The standard InChI is InChI=1S/C22H28N2OS.C9H14ClF.K/c1-6-8-9-19(26)12-16(3)18-10-11-20(17(7-2)13-18)24-14-21(23-15-24)22(4,5)25;1-3-5-6-9(11)8(4-2)7-10;/h8-15,25-26H,3,6-7H2,1-2,4-5H3;5-6H,3-4,7H2,1-2H3;/q;;+1/p-1/b9-8-,19-12+;6-5-,9-8+;. The molecule has 2 aromatic rings. The Morgan fingerprint density at radius 2 is 1.79 bits per heavy atom. The predicted molar refractivity (Wildman–Crippen MR) is 161 cm³/mol. The van der Waals surface area contributed by atoms with Crippen LogP contribution in [0.1, 0.15) is 77.6 Å². The van der Waals surface area contributed by atoms with Crippen molar-refractivity contribution in [2.75, 3.05) is 5.88 Å². The van der Waals surface area contributed by atoms with Crippen LogP contribution < -0.4 is 51.4 Å². The monoisotopic (exact) mass is 582 g/mol. The van der Waals surface area contributed by atoms with Crippen molar-refractivity contribution >= 4 is 29.8 Å². The summed E-state index contributed by atoms with van der Waals surface area (Å²) in [6, 6.07) is 6.25. The molecule has 0 aliphatic rings. The molecule has 3 nitrogen and oxygen atoms in total. The fourth-order valence-electron chi connectivity index (χ4n) is 3.29. The smallest absolute Gasteiger partial charge is 0.780 e. The summed E-state index contributed by atoms with van der Waals surface area (Å²) < 4.78 is 14.9. The van der Waals surface area contributed by atoms with Crippen LogP contribution in [-0.2, 0) is 24.7 Å². The number of benzene rings is 1. The second-order valence-corrected chi connectivity index (χ2v) is 9.79. The maximum atomic E-state index is 13.0. The normalized spacial score (nSPS) is 12.7. The van der Waals surface area contributed by atoms with E-state index in [1.54, 1.807) is 26.3 Å². The molecule has 2 rings (SSSR count). The van der Waals surface area contributed by atoms with Gasteiger partial charge in [-0.2, -0.15) is 4.91 Å². The zero-order valence-corrected chi connectivity index (χ0v) is 28.7. The first-order valence-electron chi connectivity index (χ1n) is 12.8. The minimum atomic E-state index is -0.956. The van der Waals surface area contributed by atoms with Gasteiger partial charge in [-0.25, -0.2) is 9.37 Å². The number of alkyl halides is 1. The van der Waals surface area contributed by atoms with Gasteiger partial charge in [-0.15, -0.1) is 11.6 Å². The van der Waals surface area contributed by atoms with Crippen LogP contribution in [-0.4, -0.2) is 20.5 Å². The van der Waals surface area contributed by atoms with Crippen molar-refractivity contribution in [3.05, 3.63) is 101 Å². The third kappa shape index (κ3) is 12.6. The topological polar surface area (TPSA) is 38.0 Å². The first-order valence-corrected chi connectivity index (χ1v) is 13.7. The number of aliphatic hydroxyl groups is 1. The summed E-state index contributed by atoms with van der Waals surface area (Å²) >= 11 is 10.9. The van der Waals surface area contributed by atoms with Crippen molar-refractivity contribution in [3.8, 4) is 5.69 Å². The average molecular weight is 583 g/mol. The number of aromatic nitrogens is 2. The molecule has 1 aromatic heterocycles. The van der Waals surface area contributed by atoms with Crippen molar-refractivity contribution in [2.24, 2.45) is 0 Å². The molecule has 0 aliphatic heterocycles. The van der Waals surface area contributed by atoms with Crippen LogP contribution in [0.5, 0.6) is 0 Å². The van der Waals surface area contributed by atoms with E-state index >= 15 is 0 Å². The summed E-state index contributed by atoms with van der Waals surface area (Å²) in [5, 5.41) is 10.1. The Morgan fingerprint density at radius 3 is 2.29 bits per heavy atom. The molecule has 0 aliphatic carbocycles. The van der Waals surface area contributed by atoms with E-state index in [0.29, 0.717) is 17.7 Å². The quantitative estimate of drug-likeness (QED) is 0.155. The number of nitrogens with zero attached hydrogens (tertiary/aromatic N) is 2. The fourth-order valence-corrected chi connectivity index (χ4v) is 3.85. The number of hydrogen-bond acceptors (Lipinski definition) is 3. The number of aryl methyl sites for hydroxylation is 1. The molecule has 38 heavy (non-hydrogen) atoms. The molecule has 0 fully saturated rings. The molecule has 1 heterocycles. The van der Waals surface area contributed by atoms with Gasteiger partial charge in [-0.3, -0.25) is 0 Å². The van der Waals surface area contributed by atoms with E-state index in [1.807, 2.05) is 48.9 Å². The van der Waals surface area contributed by atoms with Crippen LogP contribution in [0.15, 0.2) is 84.0 Å². The first-order chi connectivity index (χ1) is 17.5. The van der Waals surface area contributed by atoms with Crippen LogP contribution >= 0.6 is 11.6 Å². The Kier molecular flexibility index (Phi) is 18.9. The van der Waals surface area contributed by atoms with Gasteiger partial charge in [0.2, 0.25) is 0 Å². The summed E-state index contributed by atoms with van der Waals surface area (Å²) in [7, 11) is 0. The molecule has 0 bridgehead atoms. The Bertz CT molecular complexity index is 1140. The number of imidazole rings is 1. The molecule has 0 spiro atoms. The first kappa shape index (κ1) is 37.2. The van der Waals surface area contributed by atoms with Crippen molar-refractivity contribution in [3.63, 3.8) is 0 Å². The van der Waals surface area contributed by atoms with Crippen molar-refractivity contribution < 1.29 is 60.9 Å². The molecular formula is C31H41ClFKN2OS. The van der Waals surface area contributed by atoms with E-state index in [1.165, 1.54) is 11.6 Å².